The quantitative estimate of drug-likeness (QED) is 0.246. The number of rotatable bonds is 10. The Bertz CT molecular complexity index is 1130. The van der Waals surface area contributed by atoms with Gasteiger partial charge in [0.15, 0.2) is 0 Å². The Hall–Kier alpha value is -3.23. The highest BCUT2D eigenvalue weighted by atomic mass is 32.1. The lowest BCUT2D eigenvalue weighted by Gasteiger charge is -2.06. The second-order valence-corrected chi connectivity index (χ2v) is 8.21. The van der Waals surface area contributed by atoms with Crippen molar-refractivity contribution in [2.24, 2.45) is 0 Å². The van der Waals surface area contributed by atoms with Crippen LogP contribution in [0, 0.1) is 0 Å². The van der Waals surface area contributed by atoms with Crippen molar-refractivity contribution in [2.75, 3.05) is 27.4 Å². The van der Waals surface area contributed by atoms with Gasteiger partial charge in [-0.05, 0) is 55.7 Å². The molecule has 0 aliphatic rings. The summed E-state index contributed by atoms with van der Waals surface area (Å²) in [6.07, 6.45) is 5.07. The molecule has 0 aliphatic heterocycles. The summed E-state index contributed by atoms with van der Waals surface area (Å²) in [6, 6.07) is 15.2. The molecule has 8 heteroatoms. The first-order valence-electron chi connectivity index (χ1n) is 10.4. The minimum atomic E-state index is -0.354. The van der Waals surface area contributed by atoms with Crippen LogP contribution in [0.25, 0.3) is 26.8 Å². The van der Waals surface area contributed by atoms with Crippen molar-refractivity contribution in [3.05, 3.63) is 60.3 Å². The fraction of sp³-hybridized carbons (Fsp3) is 0.292. The number of carbonyl (C=O) groups is 1. The Balaban J connectivity index is 1.39. The number of nitrogens with zero attached hydrogens (tertiary/aromatic N) is 3. The number of ether oxygens (including phenoxy) is 3. The van der Waals surface area contributed by atoms with Gasteiger partial charge in [-0.15, -0.1) is 0 Å². The smallest absolute Gasteiger partial charge is 0.337 e. The molecule has 0 amide bonds. The van der Waals surface area contributed by atoms with Crippen molar-refractivity contribution in [1.29, 1.82) is 0 Å². The van der Waals surface area contributed by atoms with Gasteiger partial charge >= 0.3 is 5.97 Å². The summed E-state index contributed by atoms with van der Waals surface area (Å²) < 4.78 is 17.4. The predicted octanol–water partition coefficient (Wildman–Crippen LogP) is 5.11. The molecule has 0 aliphatic carbocycles. The van der Waals surface area contributed by atoms with Gasteiger partial charge in [0.05, 0.1) is 31.2 Å². The van der Waals surface area contributed by atoms with Crippen molar-refractivity contribution < 1.29 is 19.0 Å². The number of benzene rings is 2. The molecule has 2 aromatic heterocycles. The molecule has 0 bridgehead atoms. The zero-order valence-corrected chi connectivity index (χ0v) is 18.9. The van der Waals surface area contributed by atoms with E-state index in [0.717, 1.165) is 58.4 Å². The van der Waals surface area contributed by atoms with Crippen LogP contribution in [0.4, 0.5) is 0 Å². The van der Waals surface area contributed by atoms with Crippen LogP contribution in [0.15, 0.2) is 54.7 Å². The minimum absolute atomic E-state index is 0.354. The summed E-state index contributed by atoms with van der Waals surface area (Å²) in [5, 5.41) is 5.56. The molecule has 0 saturated carbocycles. The van der Waals surface area contributed by atoms with E-state index in [-0.39, 0.29) is 5.97 Å². The van der Waals surface area contributed by atoms with Crippen LogP contribution < -0.4 is 4.74 Å². The molecule has 2 aromatic carbocycles. The normalized spacial score (nSPS) is 11.1. The van der Waals surface area contributed by atoms with Crippen LogP contribution in [0.3, 0.4) is 0 Å². The molecule has 0 N–H and O–H groups in total. The highest BCUT2D eigenvalue weighted by Gasteiger charge is 2.12. The lowest BCUT2D eigenvalue weighted by molar-refractivity contribution is 0.0600. The number of carbonyl (C=O) groups excluding carboxylic acids is 1. The summed E-state index contributed by atoms with van der Waals surface area (Å²) >= 11 is 1.53. The van der Waals surface area contributed by atoms with Crippen molar-refractivity contribution in [2.45, 2.75) is 19.3 Å². The first kappa shape index (κ1) is 22.0. The van der Waals surface area contributed by atoms with Gasteiger partial charge in [-0.2, -0.15) is 5.10 Å². The Morgan fingerprint density at radius 3 is 2.34 bits per heavy atom. The summed E-state index contributed by atoms with van der Waals surface area (Å²) in [5.41, 5.74) is 3.26. The molecule has 0 spiro atoms. The van der Waals surface area contributed by atoms with E-state index < -0.39 is 0 Å². The van der Waals surface area contributed by atoms with E-state index in [1.165, 1.54) is 18.4 Å². The largest absolute Gasteiger partial charge is 0.494 e. The summed E-state index contributed by atoms with van der Waals surface area (Å²) in [4.78, 5) is 17.1. The summed E-state index contributed by atoms with van der Waals surface area (Å²) in [6.45, 7) is 1.51. The number of aromatic nitrogens is 3. The monoisotopic (exact) mass is 451 g/mol. The molecule has 166 valence electrons. The van der Waals surface area contributed by atoms with Crippen LogP contribution in [-0.4, -0.2) is 48.0 Å². The Morgan fingerprint density at radius 2 is 1.66 bits per heavy atom. The van der Waals surface area contributed by atoms with Gasteiger partial charge in [-0.3, -0.25) is 0 Å². The molecule has 32 heavy (non-hydrogen) atoms. The Kier molecular flexibility index (Phi) is 7.14. The molecular weight excluding hydrogens is 426 g/mol. The van der Waals surface area contributed by atoms with Crippen molar-refractivity contribution >= 4 is 22.3 Å². The fourth-order valence-electron chi connectivity index (χ4n) is 3.26. The summed E-state index contributed by atoms with van der Waals surface area (Å²) in [5.74, 6) is 0.506. The van der Waals surface area contributed by atoms with Gasteiger partial charge in [-0.25, -0.2) is 14.3 Å². The van der Waals surface area contributed by atoms with E-state index in [1.807, 2.05) is 42.6 Å². The van der Waals surface area contributed by atoms with E-state index in [9.17, 15) is 4.79 Å². The van der Waals surface area contributed by atoms with E-state index >= 15 is 0 Å². The van der Waals surface area contributed by atoms with Crippen molar-refractivity contribution in [1.82, 2.24) is 14.6 Å². The number of fused-ring (bicyclic) bond motifs is 1. The molecule has 7 nitrogen and oxygen atoms in total. The van der Waals surface area contributed by atoms with E-state index in [0.29, 0.717) is 12.2 Å². The highest BCUT2D eigenvalue weighted by molar-refractivity contribution is 7.19. The number of esters is 1. The summed E-state index contributed by atoms with van der Waals surface area (Å²) in [7, 11) is 3.10. The predicted molar refractivity (Wildman–Crippen MR) is 124 cm³/mol. The van der Waals surface area contributed by atoms with E-state index in [2.05, 4.69) is 10.1 Å². The van der Waals surface area contributed by atoms with Crippen molar-refractivity contribution in [3.8, 4) is 27.6 Å². The third kappa shape index (κ3) is 5.15. The lowest BCUT2D eigenvalue weighted by atomic mass is 10.1. The van der Waals surface area contributed by atoms with Gasteiger partial charge in [0.2, 0.25) is 4.96 Å². The second kappa shape index (κ2) is 10.4. The lowest BCUT2D eigenvalue weighted by Crippen LogP contribution is -2.00. The maximum absolute atomic E-state index is 11.6. The topological polar surface area (TPSA) is 75.0 Å². The number of imidazole rings is 1. The van der Waals surface area contributed by atoms with E-state index in [1.54, 1.807) is 23.8 Å². The molecule has 4 aromatic rings. The molecule has 0 radical (unpaired) electrons. The third-order valence-electron chi connectivity index (χ3n) is 5.01. The zero-order chi connectivity index (χ0) is 22.3. The third-order valence-corrected chi connectivity index (χ3v) is 5.98. The number of hydrogen-bond donors (Lipinski definition) is 0. The molecule has 2 heterocycles. The zero-order valence-electron chi connectivity index (χ0n) is 18.1. The molecule has 0 unspecified atom stereocenters. The van der Waals surface area contributed by atoms with Crippen LogP contribution in [0.1, 0.15) is 29.6 Å². The van der Waals surface area contributed by atoms with Gasteiger partial charge in [0, 0.05) is 24.8 Å². The SMILES string of the molecule is COCCCCCOc1ccc(-c2nn3cc(-c4ccc(C(=O)OC)cc4)nc3s2)cc1. The molecular formula is C24H25N3O4S. The second-order valence-electron chi connectivity index (χ2n) is 7.26. The average molecular weight is 452 g/mol. The van der Waals surface area contributed by atoms with Gasteiger partial charge < -0.3 is 14.2 Å². The number of unbranched alkanes of at least 4 members (excludes halogenated alkanes) is 2. The maximum atomic E-state index is 11.6. The van der Waals surface area contributed by atoms with Crippen LogP contribution in [0.5, 0.6) is 5.75 Å². The van der Waals surface area contributed by atoms with Crippen LogP contribution >= 0.6 is 11.3 Å². The molecule has 0 saturated heterocycles. The molecule has 0 atom stereocenters. The average Bonchev–Trinajstić information content (AvgIpc) is 3.41. The van der Waals surface area contributed by atoms with Crippen LogP contribution in [0.2, 0.25) is 0 Å². The Labute approximate surface area is 190 Å². The van der Waals surface area contributed by atoms with Gasteiger partial charge in [0.25, 0.3) is 0 Å². The molecule has 0 fully saturated rings. The minimum Gasteiger partial charge on any atom is -0.494 e. The standard InChI is InChI=1S/C24H25N3O4S/c1-29-14-4-3-5-15-31-20-12-10-18(11-13-20)22-26-27-16-21(25-24(27)32-22)17-6-8-19(9-7-17)23(28)30-2/h6-13,16H,3-5,14-15H2,1-2H3. The van der Waals surface area contributed by atoms with Crippen LogP contribution in [-0.2, 0) is 9.47 Å². The van der Waals surface area contributed by atoms with Crippen molar-refractivity contribution in [3.63, 3.8) is 0 Å². The van der Waals surface area contributed by atoms with E-state index in [4.69, 9.17) is 14.2 Å². The highest BCUT2D eigenvalue weighted by Crippen LogP contribution is 2.29. The number of hydrogen-bond acceptors (Lipinski definition) is 7. The van der Waals surface area contributed by atoms with Gasteiger partial charge in [-0.1, -0.05) is 23.5 Å². The number of methoxy groups -OCH3 is 2. The first-order valence-corrected chi connectivity index (χ1v) is 11.3. The Morgan fingerprint density at radius 1 is 0.938 bits per heavy atom. The van der Waals surface area contributed by atoms with Gasteiger partial charge in [0.1, 0.15) is 10.8 Å². The molecule has 4 rings (SSSR count). The maximum Gasteiger partial charge on any atom is 0.337 e. The first-order chi connectivity index (χ1) is 15.7. The fourth-order valence-corrected chi connectivity index (χ4v) is 4.15.